The molecule has 6 nitrogen and oxygen atoms in total. The molecule has 2 amide bonds. The van der Waals surface area contributed by atoms with E-state index < -0.39 is 5.91 Å². The van der Waals surface area contributed by atoms with E-state index in [9.17, 15) is 9.59 Å². The zero-order valence-electron chi connectivity index (χ0n) is 17.6. The largest absolute Gasteiger partial charge is 0.455 e. The first kappa shape index (κ1) is 21.9. The third-order valence-electron chi connectivity index (χ3n) is 6.05. The third kappa shape index (κ3) is 4.37. The van der Waals surface area contributed by atoms with Crippen LogP contribution in [0.2, 0.25) is 10.0 Å². The molecule has 164 valence electrons. The monoisotopic (exact) mass is 461 g/mol. The molecule has 1 aromatic carbocycles. The van der Waals surface area contributed by atoms with Gasteiger partial charge in [0.05, 0.1) is 16.3 Å². The van der Waals surface area contributed by atoms with Gasteiger partial charge in [-0.25, -0.2) is 5.43 Å². The normalized spacial score (nSPS) is 19.9. The first-order chi connectivity index (χ1) is 14.9. The van der Waals surface area contributed by atoms with E-state index in [4.69, 9.17) is 27.6 Å². The predicted octanol–water partition coefficient (Wildman–Crippen LogP) is 5.38. The summed E-state index contributed by atoms with van der Waals surface area (Å²) in [5.41, 5.74) is 5.22. The van der Waals surface area contributed by atoms with Crippen molar-refractivity contribution in [2.45, 2.75) is 58.4 Å². The topological polar surface area (TPSA) is 74.9 Å². The van der Waals surface area contributed by atoms with Crippen LogP contribution in [-0.4, -0.2) is 35.0 Å². The summed E-state index contributed by atoms with van der Waals surface area (Å²) in [5, 5.41) is 5.08. The van der Waals surface area contributed by atoms with Gasteiger partial charge >= 0.3 is 0 Å². The van der Waals surface area contributed by atoms with Gasteiger partial charge in [-0.1, -0.05) is 23.2 Å². The van der Waals surface area contributed by atoms with Gasteiger partial charge in [0.15, 0.2) is 5.76 Å². The molecule has 1 saturated heterocycles. The molecule has 1 aliphatic heterocycles. The van der Waals surface area contributed by atoms with Gasteiger partial charge in [0.25, 0.3) is 11.8 Å². The maximum absolute atomic E-state index is 13.2. The highest BCUT2D eigenvalue weighted by molar-refractivity contribution is 6.36. The molecule has 2 heterocycles. The molecule has 2 aliphatic rings. The fourth-order valence-corrected chi connectivity index (χ4v) is 4.86. The predicted molar refractivity (Wildman–Crippen MR) is 121 cm³/mol. The Morgan fingerprint density at radius 2 is 2.00 bits per heavy atom. The fraction of sp³-hybridized carbons (Fsp3) is 0.435. The maximum atomic E-state index is 13.2. The second kappa shape index (κ2) is 9.05. The van der Waals surface area contributed by atoms with Crippen molar-refractivity contribution in [1.29, 1.82) is 0 Å². The standard InChI is InChI=1S/C23H25Cl2N3O3/c1-13-6-3-4-11-28(13)23(30)21-14(2)20-18(7-5-8-19(20)31-21)26-27-22(29)16-10-9-15(24)12-17(16)25/h9-10,12-13H,3-8,11H2,1-2H3,(H,27,29)/b26-18+. The van der Waals surface area contributed by atoms with Gasteiger partial charge < -0.3 is 9.32 Å². The van der Waals surface area contributed by atoms with Crippen LogP contribution in [0.1, 0.15) is 76.8 Å². The Morgan fingerprint density at radius 3 is 2.74 bits per heavy atom. The molecule has 1 N–H and O–H groups in total. The lowest BCUT2D eigenvalue weighted by Gasteiger charge is -2.32. The van der Waals surface area contributed by atoms with E-state index in [-0.39, 0.29) is 17.0 Å². The highest BCUT2D eigenvalue weighted by Crippen LogP contribution is 2.32. The minimum atomic E-state index is -0.416. The number of furan rings is 1. The van der Waals surface area contributed by atoms with Crippen LogP contribution in [0.3, 0.4) is 0 Å². The molecule has 0 bridgehead atoms. The molecule has 2 aromatic rings. The van der Waals surface area contributed by atoms with Crippen LogP contribution in [0.25, 0.3) is 0 Å². The maximum Gasteiger partial charge on any atom is 0.290 e. The van der Waals surface area contributed by atoms with E-state index in [1.54, 1.807) is 12.1 Å². The van der Waals surface area contributed by atoms with Crippen LogP contribution in [0.15, 0.2) is 27.7 Å². The number of carbonyl (C=O) groups is 2. The summed E-state index contributed by atoms with van der Waals surface area (Å²) in [6.45, 7) is 4.73. The van der Waals surface area contributed by atoms with Gasteiger partial charge in [0.2, 0.25) is 0 Å². The van der Waals surface area contributed by atoms with Crippen LogP contribution in [-0.2, 0) is 6.42 Å². The highest BCUT2D eigenvalue weighted by Gasteiger charge is 2.32. The number of hydrogen-bond donors (Lipinski definition) is 1. The van der Waals surface area contributed by atoms with Crippen molar-refractivity contribution < 1.29 is 14.0 Å². The second-order valence-corrected chi connectivity index (χ2v) is 9.02. The molecule has 1 aliphatic carbocycles. The van der Waals surface area contributed by atoms with Crippen molar-refractivity contribution >= 4 is 40.7 Å². The van der Waals surface area contributed by atoms with Crippen molar-refractivity contribution in [1.82, 2.24) is 10.3 Å². The molecule has 1 unspecified atom stereocenters. The van der Waals surface area contributed by atoms with Crippen LogP contribution in [0.4, 0.5) is 0 Å². The highest BCUT2D eigenvalue weighted by atomic mass is 35.5. The summed E-state index contributed by atoms with van der Waals surface area (Å²) in [7, 11) is 0. The van der Waals surface area contributed by atoms with E-state index in [0.29, 0.717) is 28.5 Å². The average molecular weight is 462 g/mol. The van der Waals surface area contributed by atoms with E-state index in [1.807, 2.05) is 11.8 Å². The molecule has 1 atom stereocenters. The number of nitrogens with zero attached hydrogens (tertiary/aromatic N) is 2. The molecule has 0 saturated carbocycles. The SMILES string of the molecule is Cc1c(C(=O)N2CCCCC2C)oc2c1/C(=N/NC(=O)c1ccc(Cl)cc1Cl)CCC2. The number of carbonyl (C=O) groups excluding carboxylic acids is 2. The summed E-state index contributed by atoms with van der Waals surface area (Å²) in [6, 6.07) is 4.89. The van der Waals surface area contributed by atoms with Gasteiger partial charge in [-0.2, -0.15) is 5.10 Å². The number of hydrazone groups is 1. The number of piperidine rings is 1. The quantitative estimate of drug-likeness (QED) is 0.623. The third-order valence-corrected chi connectivity index (χ3v) is 6.60. The number of nitrogens with one attached hydrogen (secondary N) is 1. The van der Waals surface area contributed by atoms with Crippen LogP contribution in [0.5, 0.6) is 0 Å². The van der Waals surface area contributed by atoms with Gasteiger partial charge in [0, 0.05) is 35.2 Å². The number of benzene rings is 1. The van der Waals surface area contributed by atoms with Crippen LogP contribution < -0.4 is 5.43 Å². The lowest BCUT2D eigenvalue weighted by atomic mass is 9.93. The Bertz CT molecular complexity index is 1060. The zero-order valence-corrected chi connectivity index (χ0v) is 19.1. The summed E-state index contributed by atoms with van der Waals surface area (Å²) in [6.07, 6.45) is 5.44. The molecule has 31 heavy (non-hydrogen) atoms. The number of likely N-dealkylation sites (tertiary alicyclic amines) is 1. The molecule has 1 aromatic heterocycles. The van der Waals surface area contributed by atoms with Crippen molar-refractivity contribution in [3.05, 3.63) is 56.5 Å². The lowest BCUT2D eigenvalue weighted by molar-refractivity contribution is 0.0600. The molecule has 4 rings (SSSR count). The Balaban J connectivity index is 1.59. The summed E-state index contributed by atoms with van der Waals surface area (Å²) in [4.78, 5) is 27.6. The first-order valence-corrected chi connectivity index (χ1v) is 11.4. The van der Waals surface area contributed by atoms with Crippen molar-refractivity contribution in [3.63, 3.8) is 0 Å². The average Bonchev–Trinajstić information content (AvgIpc) is 3.09. The van der Waals surface area contributed by atoms with E-state index in [1.165, 1.54) is 6.07 Å². The Labute approximate surface area is 191 Å². The van der Waals surface area contributed by atoms with Crippen molar-refractivity contribution in [2.75, 3.05) is 6.54 Å². The number of rotatable bonds is 3. The lowest BCUT2D eigenvalue weighted by Crippen LogP contribution is -2.42. The molecular formula is C23H25Cl2N3O3. The minimum Gasteiger partial charge on any atom is -0.455 e. The van der Waals surface area contributed by atoms with Gasteiger partial charge in [0.1, 0.15) is 5.76 Å². The smallest absolute Gasteiger partial charge is 0.290 e. The van der Waals surface area contributed by atoms with Gasteiger partial charge in [-0.3, -0.25) is 9.59 Å². The Kier molecular flexibility index (Phi) is 6.39. The van der Waals surface area contributed by atoms with E-state index >= 15 is 0 Å². The molecular weight excluding hydrogens is 437 g/mol. The fourth-order valence-electron chi connectivity index (χ4n) is 4.37. The number of halogens is 2. The summed E-state index contributed by atoms with van der Waals surface area (Å²) >= 11 is 12.0. The summed E-state index contributed by atoms with van der Waals surface area (Å²) in [5.74, 6) is 0.672. The molecule has 0 spiro atoms. The number of hydrogen-bond acceptors (Lipinski definition) is 4. The second-order valence-electron chi connectivity index (χ2n) is 8.17. The van der Waals surface area contributed by atoms with Crippen molar-refractivity contribution in [3.8, 4) is 0 Å². The minimum absolute atomic E-state index is 0.0598. The number of fused-ring (bicyclic) bond motifs is 1. The summed E-state index contributed by atoms with van der Waals surface area (Å²) < 4.78 is 6.03. The van der Waals surface area contributed by atoms with E-state index in [0.717, 1.165) is 55.5 Å². The van der Waals surface area contributed by atoms with E-state index in [2.05, 4.69) is 17.5 Å². The first-order valence-electron chi connectivity index (χ1n) is 10.6. The van der Waals surface area contributed by atoms with Crippen LogP contribution >= 0.6 is 23.2 Å². The van der Waals surface area contributed by atoms with Crippen LogP contribution in [0, 0.1) is 6.92 Å². The molecule has 1 fully saturated rings. The Morgan fingerprint density at radius 1 is 1.19 bits per heavy atom. The number of aryl methyl sites for hydroxylation is 1. The Hall–Kier alpha value is -2.31. The number of amides is 2. The van der Waals surface area contributed by atoms with Gasteiger partial charge in [-0.05, 0) is 64.2 Å². The molecule has 0 radical (unpaired) electrons. The van der Waals surface area contributed by atoms with Crippen molar-refractivity contribution in [2.24, 2.45) is 5.10 Å². The molecule has 8 heteroatoms. The van der Waals surface area contributed by atoms with Gasteiger partial charge in [-0.15, -0.1) is 0 Å². The zero-order chi connectivity index (χ0) is 22.1.